The largest absolute Gasteiger partial charge is 0.479 e. The Morgan fingerprint density at radius 3 is 2.26 bits per heavy atom. The molecule has 19 heavy (non-hydrogen) atoms. The van der Waals surface area contributed by atoms with E-state index in [1.807, 2.05) is 42.5 Å². The SMILES string of the molecule is CC(Nc1ccccc1Br)(C(=O)O)c1ccccc1. The average Bonchev–Trinajstić information content (AvgIpc) is 2.42. The maximum Gasteiger partial charge on any atom is 0.333 e. The van der Waals surface area contributed by atoms with E-state index in [0.717, 1.165) is 10.2 Å². The lowest BCUT2D eigenvalue weighted by molar-refractivity contribution is -0.142. The fourth-order valence-corrected chi connectivity index (χ4v) is 2.24. The third-order valence-electron chi connectivity index (χ3n) is 3.04. The van der Waals surface area contributed by atoms with Crippen LogP contribution in [0.15, 0.2) is 59.1 Å². The summed E-state index contributed by atoms with van der Waals surface area (Å²) in [5, 5.41) is 12.7. The van der Waals surface area contributed by atoms with E-state index >= 15 is 0 Å². The quantitative estimate of drug-likeness (QED) is 0.899. The highest BCUT2D eigenvalue weighted by atomic mass is 79.9. The number of hydrogen-bond donors (Lipinski definition) is 2. The number of carbonyl (C=O) groups is 1. The Balaban J connectivity index is 2.42. The molecule has 1 unspecified atom stereocenters. The number of carboxylic acid groups (broad SMARTS) is 1. The monoisotopic (exact) mass is 319 g/mol. The van der Waals surface area contributed by atoms with Crippen molar-refractivity contribution >= 4 is 27.6 Å². The molecule has 98 valence electrons. The third kappa shape index (κ3) is 2.79. The molecule has 0 spiro atoms. The average molecular weight is 320 g/mol. The zero-order valence-electron chi connectivity index (χ0n) is 10.4. The molecular formula is C15H14BrNO2. The van der Waals surface area contributed by atoms with E-state index in [0.29, 0.717) is 5.56 Å². The van der Waals surface area contributed by atoms with Gasteiger partial charge in [-0.2, -0.15) is 0 Å². The summed E-state index contributed by atoms with van der Waals surface area (Å²) in [4.78, 5) is 11.7. The number of para-hydroxylation sites is 1. The van der Waals surface area contributed by atoms with E-state index in [1.165, 1.54) is 0 Å². The molecule has 2 rings (SSSR count). The predicted molar refractivity (Wildman–Crippen MR) is 79.2 cm³/mol. The fraction of sp³-hybridized carbons (Fsp3) is 0.133. The van der Waals surface area contributed by atoms with E-state index in [4.69, 9.17) is 0 Å². The zero-order chi connectivity index (χ0) is 13.9. The number of benzene rings is 2. The molecule has 0 saturated carbocycles. The Morgan fingerprint density at radius 1 is 1.11 bits per heavy atom. The Kier molecular flexibility index (Phi) is 3.90. The van der Waals surface area contributed by atoms with Crippen molar-refractivity contribution in [2.24, 2.45) is 0 Å². The lowest BCUT2D eigenvalue weighted by atomic mass is 9.92. The number of anilines is 1. The van der Waals surface area contributed by atoms with Gasteiger partial charge in [0.05, 0.1) is 0 Å². The second kappa shape index (κ2) is 5.45. The molecule has 4 heteroatoms. The summed E-state index contributed by atoms with van der Waals surface area (Å²) < 4.78 is 0.832. The lowest BCUT2D eigenvalue weighted by Gasteiger charge is -2.28. The van der Waals surface area contributed by atoms with Crippen LogP contribution in [0.2, 0.25) is 0 Å². The molecule has 0 saturated heterocycles. The molecule has 1 atom stereocenters. The van der Waals surface area contributed by atoms with Crippen LogP contribution in [0.25, 0.3) is 0 Å². The standard InChI is InChI=1S/C15H14BrNO2/c1-15(14(18)19,11-7-3-2-4-8-11)17-13-10-6-5-9-12(13)16/h2-10,17H,1H3,(H,18,19). The minimum absolute atomic E-state index is 0.707. The van der Waals surface area contributed by atoms with Crippen LogP contribution >= 0.6 is 15.9 Å². The molecule has 2 aromatic rings. The van der Waals surface area contributed by atoms with Gasteiger partial charge in [-0.1, -0.05) is 42.5 Å². The maximum atomic E-state index is 11.7. The van der Waals surface area contributed by atoms with Crippen molar-refractivity contribution in [2.75, 3.05) is 5.32 Å². The molecule has 0 aromatic heterocycles. The van der Waals surface area contributed by atoms with Crippen LogP contribution in [0.1, 0.15) is 12.5 Å². The zero-order valence-corrected chi connectivity index (χ0v) is 12.0. The summed E-state index contributed by atoms with van der Waals surface area (Å²) in [5.74, 6) is -0.922. The van der Waals surface area contributed by atoms with Crippen LogP contribution < -0.4 is 5.32 Å². The summed E-state index contributed by atoms with van der Waals surface area (Å²) >= 11 is 3.42. The van der Waals surface area contributed by atoms with Crippen molar-refractivity contribution in [3.63, 3.8) is 0 Å². The van der Waals surface area contributed by atoms with Crippen molar-refractivity contribution in [1.82, 2.24) is 0 Å². The summed E-state index contributed by atoms with van der Waals surface area (Å²) in [6.07, 6.45) is 0. The summed E-state index contributed by atoms with van der Waals surface area (Å²) in [6.45, 7) is 1.66. The molecule has 0 heterocycles. The van der Waals surface area contributed by atoms with Crippen molar-refractivity contribution in [2.45, 2.75) is 12.5 Å². The third-order valence-corrected chi connectivity index (χ3v) is 3.73. The molecular weight excluding hydrogens is 306 g/mol. The first kappa shape index (κ1) is 13.6. The summed E-state index contributed by atoms with van der Waals surface area (Å²) in [7, 11) is 0. The Bertz CT molecular complexity index is 586. The van der Waals surface area contributed by atoms with Crippen molar-refractivity contribution in [3.05, 3.63) is 64.6 Å². The van der Waals surface area contributed by atoms with E-state index < -0.39 is 11.5 Å². The van der Waals surface area contributed by atoms with Gasteiger partial charge in [0.1, 0.15) is 0 Å². The molecule has 3 nitrogen and oxygen atoms in total. The highest BCUT2D eigenvalue weighted by molar-refractivity contribution is 9.10. The number of carboxylic acids is 1. The van der Waals surface area contributed by atoms with Crippen molar-refractivity contribution < 1.29 is 9.90 Å². The van der Waals surface area contributed by atoms with Crippen LogP contribution in [0.4, 0.5) is 5.69 Å². The molecule has 0 amide bonds. The molecule has 0 aliphatic rings. The maximum absolute atomic E-state index is 11.7. The second-order valence-electron chi connectivity index (χ2n) is 4.40. The van der Waals surface area contributed by atoms with E-state index in [2.05, 4.69) is 21.2 Å². The van der Waals surface area contributed by atoms with Gasteiger partial charge in [-0.05, 0) is 40.5 Å². The molecule has 0 radical (unpaired) electrons. The van der Waals surface area contributed by atoms with Crippen LogP contribution in [-0.4, -0.2) is 11.1 Å². The first-order valence-corrected chi connectivity index (χ1v) is 6.65. The normalized spacial score (nSPS) is 13.6. The van der Waals surface area contributed by atoms with Crippen LogP contribution in [-0.2, 0) is 10.3 Å². The highest BCUT2D eigenvalue weighted by Crippen LogP contribution is 2.30. The van der Waals surface area contributed by atoms with E-state index in [9.17, 15) is 9.90 Å². The second-order valence-corrected chi connectivity index (χ2v) is 5.26. The molecule has 0 fully saturated rings. The topological polar surface area (TPSA) is 49.3 Å². The van der Waals surface area contributed by atoms with Gasteiger partial charge in [-0.15, -0.1) is 0 Å². The molecule has 2 aromatic carbocycles. The van der Waals surface area contributed by atoms with Gasteiger partial charge in [-0.3, -0.25) is 0 Å². The van der Waals surface area contributed by atoms with Gasteiger partial charge < -0.3 is 10.4 Å². The van der Waals surface area contributed by atoms with Crippen molar-refractivity contribution in [1.29, 1.82) is 0 Å². The first-order chi connectivity index (χ1) is 9.04. The Morgan fingerprint density at radius 2 is 1.68 bits per heavy atom. The van der Waals surface area contributed by atoms with Crippen molar-refractivity contribution in [3.8, 4) is 0 Å². The van der Waals surface area contributed by atoms with Gasteiger partial charge in [0.25, 0.3) is 0 Å². The fourth-order valence-electron chi connectivity index (χ4n) is 1.85. The van der Waals surface area contributed by atoms with E-state index in [-0.39, 0.29) is 0 Å². The molecule has 0 aliphatic heterocycles. The molecule has 2 N–H and O–H groups in total. The molecule has 0 bridgehead atoms. The van der Waals surface area contributed by atoms with Crippen LogP contribution in [0, 0.1) is 0 Å². The number of hydrogen-bond acceptors (Lipinski definition) is 2. The number of aliphatic carboxylic acids is 1. The van der Waals surface area contributed by atoms with Gasteiger partial charge in [0.2, 0.25) is 0 Å². The molecule has 0 aliphatic carbocycles. The lowest BCUT2D eigenvalue weighted by Crippen LogP contribution is -2.40. The minimum Gasteiger partial charge on any atom is -0.479 e. The first-order valence-electron chi connectivity index (χ1n) is 5.85. The minimum atomic E-state index is -1.18. The highest BCUT2D eigenvalue weighted by Gasteiger charge is 2.35. The predicted octanol–water partition coefficient (Wildman–Crippen LogP) is 3.86. The van der Waals surface area contributed by atoms with Gasteiger partial charge in [-0.25, -0.2) is 4.79 Å². The smallest absolute Gasteiger partial charge is 0.333 e. The van der Waals surface area contributed by atoms with Crippen LogP contribution in [0.5, 0.6) is 0 Å². The number of nitrogens with one attached hydrogen (secondary N) is 1. The number of halogens is 1. The van der Waals surface area contributed by atoms with Gasteiger partial charge in [0, 0.05) is 10.2 Å². The van der Waals surface area contributed by atoms with E-state index in [1.54, 1.807) is 19.1 Å². The van der Waals surface area contributed by atoms with Gasteiger partial charge in [0.15, 0.2) is 5.54 Å². The number of rotatable bonds is 4. The summed E-state index contributed by atoms with van der Waals surface area (Å²) in [5.41, 5.74) is 0.278. The van der Waals surface area contributed by atoms with Gasteiger partial charge >= 0.3 is 5.97 Å². The Labute approximate surface area is 120 Å². The van der Waals surface area contributed by atoms with Crippen LogP contribution in [0.3, 0.4) is 0 Å². The summed E-state index contributed by atoms with van der Waals surface area (Å²) in [6, 6.07) is 16.6. The Hall–Kier alpha value is -1.81.